The number of aromatic nitrogens is 3. The van der Waals surface area contributed by atoms with Crippen molar-refractivity contribution < 1.29 is 12.8 Å². The Morgan fingerprint density at radius 3 is 2.73 bits per heavy atom. The number of hydrogen-bond donors (Lipinski definition) is 0. The van der Waals surface area contributed by atoms with E-state index < -0.39 is 10.0 Å². The van der Waals surface area contributed by atoms with Gasteiger partial charge >= 0.3 is 0 Å². The van der Waals surface area contributed by atoms with Crippen LogP contribution in [0.3, 0.4) is 0 Å². The number of aryl methyl sites for hydroxylation is 2. The molecule has 1 aliphatic heterocycles. The summed E-state index contributed by atoms with van der Waals surface area (Å²) in [6, 6.07) is 0. The van der Waals surface area contributed by atoms with E-state index in [2.05, 4.69) is 10.1 Å². The fraction of sp³-hybridized carbons (Fsp3) is 0.571. The topological polar surface area (TPSA) is 81.2 Å². The molecule has 0 aromatic carbocycles. The number of nitrogens with zero attached hydrogens (tertiary/aromatic N) is 4. The summed E-state index contributed by atoms with van der Waals surface area (Å²) in [6.45, 7) is 7.09. The summed E-state index contributed by atoms with van der Waals surface area (Å²) in [5.74, 6) is 1.28. The maximum Gasteiger partial charge on any atom is 0.247 e. The van der Waals surface area contributed by atoms with Crippen molar-refractivity contribution in [2.45, 2.75) is 40.3 Å². The molecule has 0 amide bonds. The number of hydrogen-bond acceptors (Lipinski definition) is 5. The maximum atomic E-state index is 12.2. The summed E-state index contributed by atoms with van der Waals surface area (Å²) in [5, 5.41) is 4.58. The quantitative estimate of drug-likeness (QED) is 0.853. The van der Waals surface area contributed by atoms with Gasteiger partial charge in [0.05, 0.1) is 11.9 Å². The Bertz CT molecular complexity index is 791. The summed E-state index contributed by atoms with van der Waals surface area (Å²) in [5.41, 5.74) is 2.64. The molecule has 3 rings (SSSR count). The van der Waals surface area contributed by atoms with E-state index in [1.54, 1.807) is 13.1 Å². The molecule has 22 heavy (non-hydrogen) atoms. The van der Waals surface area contributed by atoms with Gasteiger partial charge in [-0.3, -0.25) is 4.68 Å². The van der Waals surface area contributed by atoms with E-state index in [4.69, 9.17) is 4.42 Å². The minimum atomic E-state index is -3.21. The predicted octanol–water partition coefficient (Wildman–Crippen LogP) is 1.57. The van der Waals surface area contributed by atoms with E-state index >= 15 is 0 Å². The van der Waals surface area contributed by atoms with E-state index in [0.717, 1.165) is 17.8 Å². The molecule has 1 aliphatic rings. The normalized spacial score (nSPS) is 16.0. The van der Waals surface area contributed by atoms with E-state index in [1.807, 2.05) is 18.5 Å². The van der Waals surface area contributed by atoms with E-state index in [0.29, 0.717) is 36.9 Å². The highest BCUT2D eigenvalue weighted by Crippen LogP contribution is 2.30. The molecule has 8 heteroatoms. The molecule has 0 fully saturated rings. The first-order chi connectivity index (χ1) is 10.5. The lowest BCUT2D eigenvalue weighted by molar-refractivity contribution is 0.384. The van der Waals surface area contributed by atoms with Gasteiger partial charge in [-0.2, -0.15) is 9.40 Å². The van der Waals surface area contributed by atoms with Gasteiger partial charge in [-0.25, -0.2) is 13.4 Å². The minimum absolute atomic E-state index is 0.109. The molecule has 0 unspecified atom stereocenters. The van der Waals surface area contributed by atoms with Crippen LogP contribution >= 0.6 is 0 Å². The maximum absolute atomic E-state index is 12.2. The first kappa shape index (κ1) is 15.2. The Morgan fingerprint density at radius 1 is 1.36 bits per heavy atom. The third-order valence-corrected chi connectivity index (χ3v) is 5.81. The molecular formula is C14H20N4O3S. The first-order valence-corrected chi connectivity index (χ1v) is 9.06. The van der Waals surface area contributed by atoms with Crippen molar-refractivity contribution in [3.63, 3.8) is 0 Å². The third kappa shape index (κ3) is 2.46. The number of sulfonamides is 1. The zero-order valence-corrected chi connectivity index (χ0v) is 13.9. The predicted molar refractivity (Wildman–Crippen MR) is 81.7 cm³/mol. The van der Waals surface area contributed by atoms with Crippen molar-refractivity contribution >= 4 is 10.0 Å². The zero-order chi connectivity index (χ0) is 15.9. The first-order valence-electron chi connectivity index (χ1n) is 7.45. The largest absolute Gasteiger partial charge is 0.440 e. The number of oxazole rings is 1. The van der Waals surface area contributed by atoms with Crippen LogP contribution in [0.1, 0.15) is 30.9 Å². The fourth-order valence-corrected chi connectivity index (χ4v) is 3.84. The lowest BCUT2D eigenvalue weighted by atomic mass is 10.1. The molecule has 3 heterocycles. The second kappa shape index (κ2) is 5.51. The molecule has 0 aliphatic carbocycles. The monoisotopic (exact) mass is 324 g/mol. The highest BCUT2D eigenvalue weighted by atomic mass is 32.2. The van der Waals surface area contributed by atoms with Gasteiger partial charge < -0.3 is 4.42 Å². The van der Waals surface area contributed by atoms with Crippen molar-refractivity contribution in [3.05, 3.63) is 23.2 Å². The lowest BCUT2D eigenvalue weighted by Crippen LogP contribution is -2.37. The molecule has 0 atom stereocenters. The molecule has 120 valence electrons. The van der Waals surface area contributed by atoms with Crippen molar-refractivity contribution in [1.29, 1.82) is 0 Å². The van der Waals surface area contributed by atoms with Crippen LogP contribution in [0.2, 0.25) is 0 Å². The molecular weight excluding hydrogens is 304 g/mol. The summed E-state index contributed by atoms with van der Waals surface area (Å²) in [7, 11) is -3.21. The molecule has 2 aromatic rings. The average molecular weight is 324 g/mol. The van der Waals surface area contributed by atoms with Crippen molar-refractivity contribution in [1.82, 2.24) is 19.1 Å². The Kier molecular flexibility index (Phi) is 3.82. The van der Waals surface area contributed by atoms with Gasteiger partial charge in [-0.1, -0.05) is 0 Å². The van der Waals surface area contributed by atoms with Crippen LogP contribution < -0.4 is 0 Å². The lowest BCUT2D eigenvalue weighted by Gasteiger charge is -2.26. The van der Waals surface area contributed by atoms with Gasteiger partial charge in [-0.05, 0) is 20.8 Å². The smallest absolute Gasteiger partial charge is 0.247 e. The standard InChI is InChI=1S/C14H20N4O3S/c1-4-18-12-6-7-17(22(19,20)5-2)9-11(12)13(16-18)14-15-8-10(3)21-14/h8H,4-7,9H2,1-3H3. The van der Waals surface area contributed by atoms with Crippen LogP contribution in [0.5, 0.6) is 0 Å². The van der Waals surface area contributed by atoms with Crippen LogP contribution in [-0.4, -0.2) is 39.8 Å². The fourth-order valence-electron chi connectivity index (χ4n) is 2.78. The second-order valence-electron chi connectivity index (χ2n) is 5.35. The van der Waals surface area contributed by atoms with E-state index in [-0.39, 0.29) is 5.75 Å². The van der Waals surface area contributed by atoms with Crippen LogP contribution in [0.25, 0.3) is 11.6 Å². The van der Waals surface area contributed by atoms with Crippen LogP contribution in [0.15, 0.2) is 10.6 Å². The van der Waals surface area contributed by atoms with Gasteiger partial charge in [0.2, 0.25) is 15.9 Å². The van der Waals surface area contributed by atoms with Crippen molar-refractivity contribution in [2.24, 2.45) is 0 Å². The Hall–Kier alpha value is -1.67. The molecule has 0 bridgehead atoms. The second-order valence-corrected chi connectivity index (χ2v) is 7.61. The SMILES string of the molecule is CCn1nc(-c2ncc(C)o2)c2c1CCN(S(=O)(=O)CC)C2. The summed E-state index contributed by atoms with van der Waals surface area (Å²) in [4.78, 5) is 4.24. The highest BCUT2D eigenvalue weighted by Gasteiger charge is 2.31. The third-order valence-electron chi connectivity index (χ3n) is 3.98. The molecule has 0 saturated heterocycles. The van der Waals surface area contributed by atoms with Crippen LogP contribution in [-0.2, 0) is 29.5 Å². The molecule has 0 saturated carbocycles. The molecule has 0 spiro atoms. The van der Waals surface area contributed by atoms with Crippen LogP contribution in [0, 0.1) is 6.92 Å². The Labute approximate surface area is 130 Å². The van der Waals surface area contributed by atoms with Gasteiger partial charge in [0.25, 0.3) is 0 Å². The zero-order valence-electron chi connectivity index (χ0n) is 13.0. The minimum Gasteiger partial charge on any atom is -0.440 e. The van der Waals surface area contributed by atoms with Gasteiger partial charge in [0.15, 0.2) is 5.69 Å². The number of fused-ring (bicyclic) bond motifs is 1. The molecule has 7 nitrogen and oxygen atoms in total. The number of rotatable bonds is 4. The molecule has 2 aromatic heterocycles. The summed E-state index contributed by atoms with van der Waals surface area (Å²) in [6.07, 6.45) is 2.31. The van der Waals surface area contributed by atoms with Gasteiger partial charge in [0, 0.05) is 37.3 Å². The van der Waals surface area contributed by atoms with Crippen molar-refractivity contribution in [3.8, 4) is 11.6 Å². The molecule has 0 radical (unpaired) electrons. The van der Waals surface area contributed by atoms with Crippen molar-refractivity contribution in [2.75, 3.05) is 12.3 Å². The Morgan fingerprint density at radius 2 is 2.14 bits per heavy atom. The van der Waals surface area contributed by atoms with Gasteiger partial charge in [0.1, 0.15) is 5.76 Å². The summed E-state index contributed by atoms with van der Waals surface area (Å²) >= 11 is 0. The highest BCUT2D eigenvalue weighted by molar-refractivity contribution is 7.89. The summed E-state index contributed by atoms with van der Waals surface area (Å²) < 4.78 is 33.3. The average Bonchev–Trinajstić information content (AvgIpc) is 3.09. The Balaban J connectivity index is 2.07. The van der Waals surface area contributed by atoms with Gasteiger partial charge in [-0.15, -0.1) is 0 Å². The molecule has 0 N–H and O–H groups in total. The van der Waals surface area contributed by atoms with E-state index in [9.17, 15) is 8.42 Å². The van der Waals surface area contributed by atoms with Crippen LogP contribution in [0.4, 0.5) is 0 Å². The van der Waals surface area contributed by atoms with E-state index in [1.165, 1.54) is 4.31 Å².